The summed E-state index contributed by atoms with van der Waals surface area (Å²) < 4.78 is 0. The molecule has 0 aliphatic carbocycles. The van der Waals surface area contributed by atoms with E-state index in [0.29, 0.717) is 11.6 Å². The summed E-state index contributed by atoms with van der Waals surface area (Å²) in [4.78, 5) is 4.12. The maximum atomic E-state index is 8.67. The Morgan fingerprint density at radius 2 is 2.18 bits per heavy atom. The average Bonchev–Trinajstić information content (AvgIpc) is 2.00. The number of rotatable bonds is 4. The number of aliphatic imine (C=N–C) groups is 1. The molecule has 0 fully saturated rings. The lowest BCUT2D eigenvalue weighted by Gasteiger charge is -2.05. The van der Waals surface area contributed by atoms with E-state index in [4.69, 9.17) is 5.26 Å². The number of hydrogen-bond donors (Lipinski definition) is 0. The highest BCUT2D eigenvalue weighted by molar-refractivity contribution is 5.99. The second-order valence-corrected chi connectivity index (χ2v) is 2.66. The van der Waals surface area contributed by atoms with Gasteiger partial charge in [0.1, 0.15) is 11.8 Å². The van der Waals surface area contributed by atoms with E-state index in [1.807, 2.05) is 6.92 Å². The average molecular weight is 152 g/mol. The second-order valence-electron chi connectivity index (χ2n) is 2.66. The molecule has 2 nitrogen and oxygen atoms in total. The lowest BCUT2D eigenvalue weighted by Crippen LogP contribution is -2.08. The normalized spacial score (nSPS) is 14.2. The molecule has 0 aromatic rings. The number of nitriles is 1. The fourth-order valence-electron chi connectivity index (χ4n) is 1.04. The molecule has 0 aromatic heterocycles. The van der Waals surface area contributed by atoms with E-state index in [1.54, 1.807) is 0 Å². The third-order valence-corrected chi connectivity index (χ3v) is 1.63. The standard InChI is InChI=1S/C9H16N2/c1-4-6-8(3)9(7-10)11-5-2/h8H,4-6H2,1-3H3. The Morgan fingerprint density at radius 3 is 2.55 bits per heavy atom. The molecule has 0 aromatic carbocycles. The van der Waals surface area contributed by atoms with Crippen LogP contribution in [0.4, 0.5) is 0 Å². The van der Waals surface area contributed by atoms with E-state index < -0.39 is 0 Å². The summed E-state index contributed by atoms with van der Waals surface area (Å²) in [5, 5.41) is 8.67. The van der Waals surface area contributed by atoms with Crippen molar-refractivity contribution in [3.8, 4) is 6.07 Å². The molecule has 0 amide bonds. The van der Waals surface area contributed by atoms with Crippen molar-refractivity contribution in [3.05, 3.63) is 0 Å². The minimum absolute atomic E-state index is 0.338. The van der Waals surface area contributed by atoms with Gasteiger partial charge in [-0.2, -0.15) is 5.26 Å². The minimum atomic E-state index is 0.338. The SMILES string of the molecule is CCCC(C)C(C#N)=NCC. The fraction of sp³-hybridized carbons (Fsp3) is 0.778. The van der Waals surface area contributed by atoms with Gasteiger partial charge < -0.3 is 0 Å². The van der Waals surface area contributed by atoms with E-state index in [-0.39, 0.29) is 0 Å². The second kappa shape index (κ2) is 5.91. The lowest BCUT2D eigenvalue weighted by atomic mass is 10.0. The van der Waals surface area contributed by atoms with Crippen LogP contribution in [0.3, 0.4) is 0 Å². The zero-order chi connectivity index (χ0) is 8.69. The van der Waals surface area contributed by atoms with Crippen molar-refractivity contribution in [2.75, 3.05) is 6.54 Å². The van der Waals surface area contributed by atoms with Gasteiger partial charge in [-0.1, -0.05) is 20.3 Å². The summed E-state index contributed by atoms with van der Waals surface area (Å²) in [7, 11) is 0. The molecule has 0 N–H and O–H groups in total. The van der Waals surface area contributed by atoms with Crippen LogP contribution in [0.15, 0.2) is 4.99 Å². The molecule has 62 valence electrons. The third kappa shape index (κ3) is 3.77. The van der Waals surface area contributed by atoms with Crippen LogP contribution in [0.5, 0.6) is 0 Å². The fourth-order valence-corrected chi connectivity index (χ4v) is 1.04. The van der Waals surface area contributed by atoms with Crippen LogP contribution in [0.2, 0.25) is 0 Å². The van der Waals surface area contributed by atoms with Crippen molar-refractivity contribution < 1.29 is 0 Å². The molecule has 0 heterocycles. The molecule has 0 aliphatic rings. The van der Waals surface area contributed by atoms with Crippen LogP contribution in [-0.4, -0.2) is 12.3 Å². The molecule has 0 bridgehead atoms. The first-order valence-corrected chi connectivity index (χ1v) is 4.20. The zero-order valence-corrected chi connectivity index (χ0v) is 7.59. The van der Waals surface area contributed by atoms with E-state index in [9.17, 15) is 0 Å². The molecule has 0 saturated heterocycles. The third-order valence-electron chi connectivity index (χ3n) is 1.63. The molecule has 0 radical (unpaired) electrons. The lowest BCUT2D eigenvalue weighted by molar-refractivity contribution is 0.667. The monoisotopic (exact) mass is 152 g/mol. The predicted octanol–water partition coefficient (Wildman–Crippen LogP) is 2.41. The molecule has 0 aliphatic heterocycles. The smallest absolute Gasteiger partial charge is 0.115 e. The summed E-state index contributed by atoms with van der Waals surface area (Å²) >= 11 is 0. The molecule has 2 heteroatoms. The van der Waals surface area contributed by atoms with E-state index in [2.05, 4.69) is 24.9 Å². The predicted molar refractivity (Wildman–Crippen MR) is 47.7 cm³/mol. The quantitative estimate of drug-likeness (QED) is 0.570. The van der Waals surface area contributed by atoms with E-state index in [0.717, 1.165) is 19.4 Å². The van der Waals surface area contributed by atoms with Crippen molar-refractivity contribution in [2.24, 2.45) is 10.9 Å². The van der Waals surface area contributed by atoms with Crippen molar-refractivity contribution in [3.63, 3.8) is 0 Å². The Morgan fingerprint density at radius 1 is 1.55 bits per heavy atom. The Labute approximate surface area is 68.9 Å². The number of hydrogen-bond acceptors (Lipinski definition) is 2. The van der Waals surface area contributed by atoms with Crippen molar-refractivity contribution >= 4 is 5.71 Å². The van der Waals surface area contributed by atoms with E-state index in [1.165, 1.54) is 0 Å². The summed E-state index contributed by atoms with van der Waals surface area (Å²) in [5.74, 6) is 0.338. The van der Waals surface area contributed by atoms with Crippen molar-refractivity contribution in [1.82, 2.24) is 0 Å². The van der Waals surface area contributed by atoms with Crippen LogP contribution < -0.4 is 0 Å². The molecule has 0 rings (SSSR count). The van der Waals surface area contributed by atoms with Gasteiger partial charge in [0.25, 0.3) is 0 Å². The van der Waals surface area contributed by atoms with Gasteiger partial charge in [0, 0.05) is 12.5 Å². The molecular weight excluding hydrogens is 136 g/mol. The highest BCUT2D eigenvalue weighted by Gasteiger charge is 2.07. The Kier molecular flexibility index (Phi) is 5.46. The Balaban J connectivity index is 4.05. The van der Waals surface area contributed by atoms with Crippen LogP contribution >= 0.6 is 0 Å². The maximum absolute atomic E-state index is 8.67. The summed E-state index contributed by atoms with van der Waals surface area (Å²) in [5.41, 5.74) is 0.703. The van der Waals surface area contributed by atoms with Crippen LogP contribution in [-0.2, 0) is 0 Å². The van der Waals surface area contributed by atoms with Crippen LogP contribution in [0.1, 0.15) is 33.6 Å². The first kappa shape index (κ1) is 10.2. The van der Waals surface area contributed by atoms with Gasteiger partial charge >= 0.3 is 0 Å². The largest absolute Gasteiger partial charge is 0.279 e. The van der Waals surface area contributed by atoms with Gasteiger partial charge in [-0.15, -0.1) is 0 Å². The maximum Gasteiger partial charge on any atom is 0.115 e. The highest BCUT2D eigenvalue weighted by atomic mass is 14.7. The molecule has 0 spiro atoms. The first-order chi connectivity index (χ1) is 5.26. The van der Waals surface area contributed by atoms with E-state index >= 15 is 0 Å². The Bertz CT molecular complexity index is 165. The van der Waals surface area contributed by atoms with Gasteiger partial charge in [-0.25, -0.2) is 0 Å². The summed E-state index contributed by atoms with van der Waals surface area (Å²) in [6, 6.07) is 2.14. The molecule has 1 unspecified atom stereocenters. The molecule has 1 atom stereocenters. The van der Waals surface area contributed by atoms with Gasteiger partial charge in [0.05, 0.1) is 0 Å². The van der Waals surface area contributed by atoms with Gasteiger partial charge in [0.2, 0.25) is 0 Å². The van der Waals surface area contributed by atoms with Gasteiger partial charge in [-0.05, 0) is 13.3 Å². The van der Waals surface area contributed by atoms with Crippen molar-refractivity contribution in [1.29, 1.82) is 5.26 Å². The number of nitrogens with zero attached hydrogens (tertiary/aromatic N) is 2. The first-order valence-electron chi connectivity index (χ1n) is 4.20. The summed E-state index contributed by atoms with van der Waals surface area (Å²) in [6.07, 6.45) is 2.18. The van der Waals surface area contributed by atoms with Gasteiger partial charge in [-0.3, -0.25) is 4.99 Å². The zero-order valence-electron chi connectivity index (χ0n) is 7.59. The highest BCUT2D eigenvalue weighted by Crippen LogP contribution is 2.06. The van der Waals surface area contributed by atoms with Crippen LogP contribution in [0, 0.1) is 17.2 Å². The van der Waals surface area contributed by atoms with Gasteiger partial charge in [0.15, 0.2) is 0 Å². The molecule has 0 saturated carbocycles. The molecular formula is C9H16N2. The van der Waals surface area contributed by atoms with Crippen LogP contribution in [0.25, 0.3) is 0 Å². The topological polar surface area (TPSA) is 36.1 Å². The molecule has 11 heavy (non-hydrogen) atoms. The minimum Gasteiger partial charge on any atom is -0.279 e. The van der Waals surface area contributed by atoms with Crippen molar-refractivity contribution in [2.45, 2.75) is 33.6 Å². The Hall–Kier alpha value is -0.840. The summed E-state index contributed by atoms with van der Waals surface area (Å²) in [6.45, 7) is 6.85.